The molecule has 0 saturated carbocycles. The van der Waals surface area contributed by atoms with Crippen molar-refractivity contribution in [3.05, 3.63) is 102 Å². The van der Waals surface area contributed by atoms with Crippen molar-refractivity contribution in [2.75, 3.05) is 0 Å². The molecular weight excluding hydrogens is 411 g/mol. The maximum atomic E-state index is 3.73. The van der Waals surface area contributed by atoms with Crippen LogP contribution in [0.15, 0.2) is 121 Å². The van der Waals surface area contributed by atoms with Crippen molar-refractivity contribution in [1.82, 2.24) is 0 Å². The van der Waals surface area contributed by atoms with E-state index in [0.29, 0.717) is 0 Å². The highest BCUT2D eigenvalue weighted by molar-refractivity contribution is 9.10. The molecule has 4 aromatic rings. The highest BCUT2D eigenvalue weighted by Crippen LogP contribution is 2.79. The molecule has 0 atom stereocenters. The second kappa shape index (κ2) is 6.44. The lowest BCUT2D eigenvalue weighted by Gasteiger charge is -2.39. The predicted molar refractivity (Wildman–Crippen MR) is 121 cm³/mol. The summed E-state index contributed by atoms with van der Waals surface area (Å²) in [6.45, 7) is 0. The molecule has 3 heteroatoms. The molecule has 0 N–H and O–H groups in total. The normalized spacial score (nSPS) is 15.0. The van der Waals surface area contributed by atoms with Crippen molar-refractivity contribution in [3.63, 3.8) is 0 Å². The van der Waals surface area contributed by atoms with Gasteiger partial charge in [0.25, 0.3) is 0 Å². The standard InChI is InChI=1S/C24H18BBrS/c25-17-11-13-21-22-14-12-18(26)16-24(22)27(23(21)15-17,19-7-3-1-4-8-19)20-9-5-2-6-10-20/h1-16H,25H2. The van der Waals surface area contributed by atoms with Gasteiger partial charge in [0.05, 0.1) is 0 Å². The van der Waals surface area contributed by atoms with Crippen molar-refractivity contribution < 1.29 is 0 Å². The Hall–Kier alpha value is -2.23. The van der Waals surface area contributed by atoms with Crippen molar-refractivity contribution in [1.29, 1.82) is 0 Å². The van der Waals surface area contributed by atoms with E-state index in [9.17, 15) is 0 Å². The van der Waals surface area contributed by atoms with Crippen LogP contribution in [0.3, 0.4) is 0 Å². The molecule has 27 heavy (non-hydrogen) atoms. The third-order valence-corrected chi connectivity index (χ3v) is 9.67. The van der Waals surface area contributed by atoms with Gasteiger partial charge in [-0.1, -0.05) is 82.1 Å². The number of hydrogen-bond acceptors (Lipinski definition) is 0. The van der Waals surface area contributed by atoms with E-state index in [2.05, 4.69) is 121 Å². The van der Waals surface area contributed by atoms with Gasteiger partial charge in [-0.25, -0.2) is 0 Å². The fourth-order valence-electron chi connectivity index (χ4n) is 4.09. The Bertz CT molecular complexity index is 1050. The summed E-state index contributed by atoms with van der Waals surface area (Å²) in [7, 11) is 0.682. The van der Waals surface area contributed by atoms with Crippen molar-refractivity contribution in [2.45, 2.75) is 19.6 Å². The second-order valence-electron chi connectivity index (χ2n) is 6.88. The first-order chi connectivity index (χ1) is 13.2. The molecule has 0 spiro atoms. The van der Waals surface area contributed by atoms with Crippen molar-refractivity contribution in [2.24, 2.45) is 0 Å². The average Bonchev–Trinajstić information content (AvgIpc) is 2.99. The van der Waals surface area contributed by atoms with Crippen LogP contribution in [0.25, 0.3) is 11.1 Å². The molecule has 0 nitrogen and oxygen atoms in total. The molecule has 0 aromatic heterocycles. The lowest BCUT2D eigenvalue weighted by Crippen LogP contribution is -2.06. The zero-order chi connectivity index (χ0) is 18.4. The Morgan fingerprint density at radius 2 is 1.11 bits per heavy atom. The lowest BCUT2D eigenvalue weighted by atomic mass is 9.94. The van der Waals surface area contributed by atoms with Crippen LogP contribution in [-0.2, 0) is 0 Å². The minimum Gasteiger partial charge on any atom is -0.132 e. The summed E-state index contributed by atoms with van der Waals surface area (Å²) in [5.74, 6) is 0. The molecule has 1 heterocycles. The fourth-order valence-corrected chi connectivity index (χ4v) is 8.94. The quantitative estimate of drug-likeness (QED) is 0.301. The third kappa shape index (κ3) is 2.45. The number of benzene rings is 4. The number of halogens is 1. The van der Waals surface area contributed by atoms with Gasteiger partial charge in [-0.05, 0) is 47.5 Å². The van der Waals surface area contributed by atoms with Crippen molar-refractivity contribution in [3.8, 4) is 11.1 Å². The molecule has 0 amide bonds. The summed E-state index contributed by atoms with van der Waals surface area (Å²) in [6.07, 6.45) is 0. The zero-order valence-electron chi connectivity index (χ0n) is 15.0. The predicted octanol–water partition coefficient (Wildman–Crippen LogP) is 6.03. The Kier molecular flexibility index (Phi) is 4.03. The van der Waals surface area contributed by atoms with Crippen LogP contribution in [0.4, 0.5) is 0 Å². The molecule has 1 aliphatic heterocycles. The monoisotopic (exact) mass is 428 g/mol. The molecule has 0 unspecified atom stereocenters. The SMILES string of the molecule is Bc1ccc2c(c1)S(c1ccccc1)(c1ccccc1)c1cc(Br)ccc1-2. The first-order valence-electron chi connectivity index (χ1n) is 9.05. The van der Waals surface area contributed by atoms with Gasteiger partial charge in [-0.15, -0.1) is 10.0 Å². The number of fused-ring (bicyclic) bond motifs is 3. The van der Waals surface area contributed by atoms with Gasteiger partial charge >= 0.3 is 0 Å². The third-order valence-electron chi connectivity index (χ3n) is 5.22. The molecular formula is C24H18BBrS. The van der Waals surface area contributed by atoms with Gasteiger partial charge in [0.2, 0.25) is 0 Å². The van der Waals surface area contributed by atoms with Crippen LogP contribution in [0.1, 0.15) is 0 Å². The van der Waals surface area contributed by atoms with E-state index in [1.165, 1.54) is 36.2 Å². The highest BCUT2D eigenvalue weighted by Gasteiger charge is 2.41. The zero-order valence-corrected chi connectivity index (χ0v) is 17.4. The van der Waals surface area contributed by atoms with E-state index in [-0.39, 0.29) is 0 Å². The first kappa shape index (κ1) is 16.9. The molecule has 1 aliphatic rings. The molecule has 130 valence electrons. The minimum absolute atomic E-state index is 1.13. The maximum absolute atomic E-state index is 3.73. The summed E-state index contributed by atoms with van der Waals surface area (Å²) >= 11 is 3.73. The van der Waals surface area contributed by atoms with Crippen LogP contribution in [0.5, 0.6) is 0 Å². The van der Waals surface area contributed by atoms with Gasteiger partial charge in [0, 0.05) is 24.1 Å². The molecule has 0 radical (unpaired) electrons. The molecule has 5 rings (SSSR count). The second-order valence-corrected chi connectivity index (χ2v) is 10.8. The Morgan fingerprint density at radius 3 is 1.70 bits per heavy atom. The number of rotatable bonds is 2. The largest absolute Gasteiger partial charge is 0.139 e. The van der Waals surface area contributed by atoms with E-state index in [1.807, 2.05) is 0 Å². The van der Waals surface area contributed by atoms with Crippen LogP contribution in [-0.4, -0.2) is 7.85 Å². The van der Waals surface area contributed by atoms with Gasteiger partial charge in [0.15, 0.2) is 0 Å². The Labute approximate surface area is 171 Å². The van der Waals surface area contributed by atoms with Gasteiger partial charge < -0.3 is 0 Å². The molecule has 0 aliphatic carbocycles. The van der Waals surface area contributed by atoms with E-state index in [1.54, 1.807) is 0 Å². The van der Waals surface area contributed by atoms with Crippen LogP contribution in [0, 0.1) is 0 Å². The summed E-state index contributed by atoms with van der Waals surface area (Å²) in [4.78, 5) is 5.66. The smallest absolute Gasteiger partial charge is 0.132 e. The summed E-state index contributed by atoms with van der Waals surface area (Å²) in [6, 6.07) is 35.8. The lowest BCUT2D eigenvalue weighted by molar-refractivity contribution is 1.29. The van der Waals surface area contributed by atoms with E-state index in [4.69, 9.17) is 0 Å². The van der Waals surface area contributed by atoms with Crippen LogP contribution in [0.2, 0.25) is 0 Å². The molecule has 4 aromatic carbocycles. The van der Waals surface area contributed by atoms with Crippen LogP contribution < -0.4 is 5.46 Å². The van der Waals surface area contributed by atoms with E-state index in [0.717, 1.165) is 4.47 Å². The van der Waals surface area contributed by atoms with Gasteiger partial charge in [-0.2, -0.15) is 0 Å². The maximum Gasteiger partial charge on any atom is 0.139 e. The molecule has 0 saturated heterocycles. The highest BCUT2D eigenvalue weighted by atomic mass is 79.9. The van der Waals surface area contributed by atoms with E-state index >= 15 is 0 Å². The molecule has 0 bridgehead atoms. The minimum atomic E-state index is -1.51. The van der Waals surface area contributed by atoms with Crippen molar-refractivity contribution >= 4 is 39.3 Å². The fraction of sp³-hybridized carbons (Fsp3) is 0. The topological polar surface area (TPSA) is 0 Å². The van der Waals surface area contributed by atoms with E-state index < -0.39 is 10.0 Å². The average molecular weight is 429 g/mol. The summed E-state index contributed by atoms with van der Waals surface area (Å²) in [5.41, 5.74) is 4.03. The van der Waals surface area contributed by atoms with Gasteiger partial charge in [-0.3, -0.25) is 0 Å². The molecule has 0 fully saturated rings. The first-order valence-corrected chi connectivity index (χ1v) is 11.5. The number of hydrogen-bond donors (Lipinski definition) is 0. The summed E-state index contributed by atoms with van der Waals surface area (Å²) < 4.78 is 1.13. The Morgan fingerprint density at radius 1 is 0.593 bits per heavy atom. The Balaban J connectivity index is 2.00. The van der Waals surface area contributed by atoms with Gasteiger partial charge in [0.1, 0.15) is 7.85 Å². The van der Waals surface area contributed by atoms with Crippen LogP contribution >= 0.6 is 26.0 Å². The summed E-state index contributed by atoms with van der Waals surface area (Å²) in [5, 5.41) is 0.